The summed E-state index contributed by atoms with van der Waals surface area (Å²) in [6.45, 7) is 5.23. The number of hydrogen-bond donors (Lipinski definition) is 1. The maximum Gasteiger partial charge on any atom is 0.131 e. The number of ether oxygens (including phenoxy) is 1. The van der Waals surface area contributed by atoms with Gasteiger partial charge in [0.2, 0.25) is 0 Å². The van der Waals surface area contributed by atoms with E-state index >= 15 is 0 Å². The van der Waals surface area contributed by atoms with E-state index in [2.05, 4.69) is 12.2 Å². The average Bonchev–Trinajstić information content (AvgIpc) is 2.89. The smallest absolute Gasteiger partial charge is 0.131 e. The van der Waals surface area contributed by atoms with E-state index in [0.29, 0.717) is 11.1 Å². The number of benzene rings is 1. The van der Waals surface area contributed by atoms with Gasteiger partial charge in [-0.3, -0.25) is 0 Å². The van der Waals surface area contributed by atoms with E-state index in [4.69, 9.17) is 4.74 Å². The Kier molecular flexibility index (Phi) is 4.88. The predicted molar refractivity (Wildman–Crippen MR) is 71.1 cm³/mol. The molecule has 4 heteroatoms. The molecular formula is C15H21F2NO. The maximum absolute atomic E-state index is 14.0. The van der Waals surface area contributed by atoms with Gasteiger partial charge in [0.15, 0.2) is 0 Å². The number of halogens is 2. The predicted octanol–water partition coefficient (Wildman–Crippen LogP) is 3.49. The number of hydrogen-bond acceptors (Lipinski definition) is 2. The summed E-state index contributed by atoms with van der Waals surface area (Å²) in [7, 11) is 0. The molecule has 2 unspecified atom stereocenters. The summed E-state index contributed by atoms with van der Waals surface area (Å²) in [5.41, 5.74) is 0.983. The monoisotopic (exact) mass is 269 g/mol. The molecular weight excluding hydrogens is 248 g/mol. The van der Waals surface area contributed by atoms with E-state index in [0.717, 1.165) is 38.5 Å². The van der Waals surface area contributed by atoms with Crippen LogP contribution in [-0.2, 0) is 4.74 Å². The van der Waals surface area contributed by atoms with Gasteiger partial charge in [-0.25, -0.2) is 8.78 Å². The standard InChI is InChI=1S/C15H21F2NO/c1-3-6-18-15(14-5-4-7-19-14)11-8-10(2)12(16)9-13(11)17/h8-9,14-15,18H,3-7H2,1-2H3. The molecule has 0 bridgehead atoms. The lowest BCUT2D eigenvalue weighted by molar-refractivity contribution is 0.0771. The third-order valence-corrected chi connectivity index (χ3v) is 3.56. The second kappa shape index (κ2) is 6.44. The lowest BCUT2D eigenvalue weighted by atomic mass is 9.97. The van der Waals surface area contributed by atoms with E-state index in [-0.39, 0.29) is 12.1 Å². The molecule has 0 saturated carbocycles. The second-order valence-corrected chi connectivity index (χ2v) is 5.11. The zero-order valence-corrected chi connectivity index (χ0v) is 11.5. The van der Waals surface area contributed by atoms with Gasteiger partial charge in [-0.05, 0) is 44.4 Å². The molecule has 0 spiro atoms. The van der Waals surface area contributed by atoms with Crippen LogP contribution in [0.15, 0.2) is 12.1 Å². The average molecular weight is 269 g/mol. The van der Waals surface area contributed by atoms with Crippen molar-refractivity contribution in [3.05, 3.63) is 34.9 Å². The number of rotatable bonds is 5. The van der Waals surface area contributed by atoms with E-state index in [1.54, 1.807) is 13.0 Å². The van der Waals surface area contributed by atoms with Crippen LogP contribution in [0, 0.1) is 18.6 Å². The third-order valence-electron chi connectivity index (χ3n) is 3.56. The van der Waals surface area contributed by atoms with Gasteiger partial charge in [0.25, 0.3) is 0 Å². The van der Waals surface area contributed by atoms with Crippen molar-refractivity contribution < 1.29 is 13.5 Å². The van der Waals surface area contributed by atoms with Crippen molar-refractivity contribution in [1.29, 1.82) is 0 Å². The van der Waals surface area contributed by atoms with Crippen LogP contribution in [0.1, 0.15) is 43.4 Å². The summed E-state index contributed by atoms with van der Waals surface area (Å²) < 4.78 is 33.1. The third kappa shape index (κ3) is 3.31. The Bertz CT molecular complexity index is 430. The van der Waals surface area contributed by atoms with Crippen molar-refractivity contribution in [2.75, 3.05) is 13.2 Å². The van der Waals surface area contributed by atoms with Gasteiger partial charge in [0.1, 0.15) is 11.6 Å². The summed E-state index contributed by atoms with van der Waals surface area (Å²) >= 11 is 0. The molecule has 2 atom stereocenters. The first-order valence-electron chi connectivity index (χ1n) is 6.94. The van der Waals surface area contributed by atoms with E-state index in [9.17, 15) is 8.78 Å². The van der Waals surface area contributed by atoms with Gasteiger partial charge in [-0.2, -0.15) is 0 Å². The zero-order valence-electron chi connectivity index (χ0n) is 11.5. The van der Waals surface area contributed by atoms with Crippen LogP contribution in [0.5, 0.6) is 0 Å². The quantitative estimate of drug-likeness (QED) is 0.883. The van der Waals surface area contributed by atoms with E-state index < -0.39 is 11.6 Å². The molecule has 106 valence electrons. The Morgan fingerprint density at radius 2 is 2.16 bits per heavy atom. The topological polar surface area (TPSA) is 21.3 Å². The Morgan fingerprint density at radius 1 is 1.37 bits per heavy atom. The molecule has 1 aliphatic heterocycles. The first-order chi connectivity index (χ1) is 9.13. The van der Waals surface area contributed by atoms with E-state index in [1.807, 2.05) is 0 Å². The molecule has 0 radical (unpaired) electrons. The lowest BCUT2D eigenvalue weighted by Crippen LogP contribution is -2.33. The minimum Gasteiger partial charge on any atom is -0.376 e. The van der Waals surface area contributed by atoms with E-state index in [1.165, 1.54) is 0 Å². The molecule has 2 nitrogen and oxygen atoms in total. The molecule has 1 aromatic rings. The summed E-state index contributed by atoms with van der Waals surface area (Å²) in [5, 5.41) is 3.33. The Labute approximate surface area is 113 Å². The van der Waals surface area contributed by atoms with Crippen LogP contribution in [0.25, 0.3) is 0 Å². The fraction of sp³-hybridized carbons (Fsp3) is 0.600. The van der Waals surface area contributed by atoms with Crippen LogP contribution in [0.4, 0.5) is 8.78 Å². The minimum absolute atomic E-state index is 0.0223. The minimum atomic E-state index is -0.497. The molecule has 1 aromatic carbocycles. The van der Waals surface area contributed by atoms with Gasteiger partial charge >= 0.3 is 0 Å². The Balaban J connectivity index is 2.28. The molecule has 2 rings (SSSR count). The van der Waals surface area contributed by atoms with Crippen LogP contribution < -0.4 is 5.32 Å². The van der Waals surface area contributed by atoms with Crippen molar-refractivity contribution in [1.82, 2.24) is 5.32 Å². The van der Waals surface area contributed by atoms with Crippen LogP contribution >= 0.6 is 0 Å². The van der Waals surface area contributed by atoms with Crippen LogP contribution in [0.2, 0.25) is 0 Å². The Hall–Kier alpha value is -1.00. The van der Waals surface area contributed by atoms with Crippen LogP contribution in [0.3, 0.4) is 0 Å². The lowest BCUT2D eigenvalue weighted by Gasteiger charge is -2.25. The van der Waals surface area contributed by atoms with Crippen molar-refractivity contribution in [3.8, 4) is 0 Å². The normalized spacial score (nSPS) is 20.7. The van der Waals surface area contributed by atoms with Gasteiger partial charge in [0.05, 0.1) is 12.1 Å². The first-order valence-corrected chi connectivity index (χ1v) is 6.94. The highest BCUT2D eigenvalue weighted by molar-refractivity contribution is 5.29. The fourth-order valence-electron chi connectivity index (χ4n) is 2.52. The second-order valence-electron chi connectivity index (χ2n) is 5.11. The summed E-state index contributed by atoms with van der Waals surface area (Å²) in [4.78, 5) is 0. The first kappa shape index (κ1) is 14.4. The van der Waals surface area contributed by atoms with Crippen molar-refractivity contribution in [2.45, 2.75) is 45.3 Å². The highest BCUT2D eigenvalue weighted by Crippen LogP contribution is 2.30. The molecule has 0 aliphatic carbocycles. The van der Waals surface area contributed by atoms with Gasteiger partial charge < -0.3 is 10.1 Å². The maximum atomic E-state index is 14.0. The van der Waals surface area contributed by atoms with Gasteiger partial charge in [-0.1, -0.05) is 6.92 Å². The largest absolute Gasteiger partial charge is 0.376 e. The highest BCUT2D eigenvalue weighted by atomic mass is 19.1. The van der Waals surface area contributed by atoms with Gasteiger partial charge in [-0.15, -0.1) is 0 Å². The molecule has 1 aliphatic rings. The molecule has 19 heavy (non-hydrogen) atoms. The molecule has 1 fully saturated rings. The fourth-order valence-corrected chi connectivity index (χ4v) is 2.52. The molecule has 1 heterocycles. The molecule has 0 aromatic heterocycles. The van der Waals surface area contributed by atoms with Crippen LogP contribution in [-0.4, -0.2) is 19.3 Å². The number of nitrogens with one attached hydrogen (secondary N) is 1. The van der Waals surface area contributed by atoms with Crippen molar-refractivity contribution >= 4 is 0 Å². The summed E-state index contributed by atoms with van der Waals surface area (Å²) in [5.74, 6) is -0.991. The van der Waals surface area contributed by atoms with Crippen molar-refractivity contribution in [2.24, 2.45) is 0 Å². The SMILES string of the molecule is CCCNC(c1cc(C)c(F)cc1F)C1CCCO1. The highest BCUT2D eigenvalue weighted by Gasteiger charge is 2.29. The summed E-state index contributed by atoms with van der Waals surface area (Å²) in [6, 6.07) is 2.38. The Morgan fingerprint density at radius 3 is 2.79 bits per heavy atom. The number of aryl methyl sites for hydroxylation is 1. The molecule has 1 N–H and O–H groups in total. The van der Waals surface area contributed by atoms with Crippen molar-refractivity contribution in [3.63, 3.8) is 0 Å². The zero-order chi connectivity index (χ0) is 13.8. The van der Waals surface area contributed by atoms with Gasteiger partial charge in [0, 0.05) is 18.2 Å². The summed E-state index contributed by atoms with van der Waals surface area (Å²) in [6.07, 6.45) is 2.85. The molecule has 0 amide bonds. The molecule has 1 saturated heterocycles.